The van der Waals surface area contributed by atoms with Crippen LogP contribution < -0.4 is 5.32 Å². The van der Waals surface area contributed by atoms with Crippen LogP contribution in [0.4, 0.5) is 14.5 Å². The summed E-state index contributed by atoms with van der Waals surface area (Å²) < 4.78 is 26.8. The second-order valence-electron chi connectivity index (χ2n) is 4.52. The van der Waals surface area contributed by atoms with Crippen LogP contribution in [0.2, 0.25) is 0 Å². The fraction of sp³-hybridized carbons (Fsp3) is 0.250. The summed E-state index contributed by atoms with van der Waals surface area (Å²) in [5, 5.41) is 3.09. The molecular weight excluding hydrogens is 244 g/mol. The van der Waals surface area contributed by atoms with Gasteiger partial charge in [0, 0.05) is 0 Å². The normalized spacial score (nSPS) is 12.2. The number of anilines is 1. The molecule has 0 amide bonds. The molecule has 0 spiro atoms. The molecule has 2 aromatic rings. The summed E-state index contributed by atoms with van der Waals surface area (Å²) in [4.78, 5) is 0. The highest BCUT2D eigenvalue weighted by atomic mass is 19.1. The lowest BCUT2D eigenvalue weighted by atomic mass is 10.0. The first kappa shape index (κ1) is 13.5. The van der Waals surface area contributed by atoms with Crippen molar-refractivity contribution in [3.63, 3.8) is 0 Å². The average molecular weight is 261 g/mol. The maximum absolute atomic E-state index is 13.7. The highest BCUT2D eigenvalue weighted by molar-refractivity contribution is 5.47. The van der Waals surface area contributed by atoms with Crippen LogP contribution in [0.5, 0.6) is 0 Å². The van der Waals surface area contributed by atoms with E-state index in [-0.39, 0.29) is 11.7 Å². The minimum atomic E-state index is -0.438. The van der Waals surface area contributed by atoms with Gasteiger partial charge in [0.2, 0.25) is 0 Å². The first-order valence-electron chi connectivity index (χ1n) is 6.47. The van der Waals surface area contributed by atoms with Crippen LogP contribution in [0, 0.1) is 11.6 Å². The number of rotatable bonds is 5. The van der Waals surface area contributed by atoms with Gasteiger partial charge in [0.1, 0.15) is 11.6 Å². The fourth-order valence-electron chi connectivity index (χ4n) is 2.09. The first-order chi connectivity index (χ1) is 9.20. The van der Waals surface area contributed by atoms with Crippen molar-refractivity contribution in [3.05, 3.63) is 65.7 Å². The topological polar surface area (TPSA) is 12.0 Å². The number of hydrogen-bond acceptors (Lipinski definition) is 1. The molecule has 0 heterocycles. The van der Waals surface area contributed by atoms with Crippen molar-refractivity contribution in [1.82, 2.24) is 0 Å². The highest BCUT2D eigenvalue weighted by Gasteiger charge is 2.12. The summed E-state index contributed by atoms with van der Waals surface area (Å²) >= 11 is 0. The Labute approximate surface area is 112 Å². The van der Waals surface area contributed by atoms with E-state index in [1.54, 1.807) is 0 Å². The van der Waals surface area contributed by atoms with E-state index in [0.29, 0.717) is 0 Å². The molecule has 0 saturated carbocycles. The Morgan fingerprint density at radius 2 is 1.79 bits per heavy atom. The SMILES string of the molecule is CCCC(Nc1cc(F)ccc1F)c1ccccc1. The van der Waals surface area contributed by atoms with Gasteiger partial charge in [-0.25, -0.2) is 8.78 Å². The van der Waals surface area contributed by atoms with Crippen LogP contribution in [0.25, 0.3) is 0 Å². The molecule has 0 aliphatic heterocycles. The molecule has 0 aliphatic carbocycles. The lowest BCUT2D eigenvalue weighted by Crippen LogP contribution is -2.11. The average Bonchev–Trinajstić information content (AvgIpc) is 2.43. The third-order valence-corrected chi connectivity index (χ3v) is 3.04. The summed E-state index contributed by atoms with van der Waals surface area (Å²) in [7, 11) is 0. The molecule has 1 N–H and O–H groups in total. The van der Waals surface area contributed by atoms with Gasteiger partial charge in [-0.15, -0.1) is 0 Å². The Balaban J connectivity index is 2.24. The second-order valence-corrected chi connectivity index (χ2v) is 4.52. The molecule has 0 radical (unpaired) electrons. The van der Waals surface area contributed by atoms with Crippen LogP contribution in [0.15, 0.2) is 48.5 Å². The Morgan fingerprint density at radius 3 is 2.47 bits per heavy atom. The monoisotopic (exact) mass is 261 g/mol. The third kappa shape index (κ3) is 3.53. The lowest BCUT2D eigenvalue weighted by molar-refractivity contribution is 0.595. The van der Waals surface area contributed by atoms with E-state index in [1.165, 1.54) is 6.07 Å². The van der Waals surface area contributed by atoms with E-state index >= 15 is 0 Å². The zero-order valence-corrected chi connectivity index (χ0v) is 10.9. The van der Waals surface area contributed by atoms with Gasteiger partial charge >= 0.3 is 0 Å². The summed E-state index contributed by atoms with van der Waals surface area (Å²) in [5.41, 5.74) is 1.29. The molecule has 2 rings (SSSR count). The van der Waals surface area contributed by atoms with Crippen molar-refractivity contribution in [2.75, 3.05) is 5.32 Å². The molecule has 0 aromatic heterocycles. The minimum absolute atomic E-state index is 0.0116. The molecule has 0 fully saturated rings. The van der Waals surface area contributed by atoms with Crippen molar-refractivity contribution in [1.29, 1.82) is 0 Å². The van der Waals surface area contributed by atoms with Crippen molar-refractivity contribution in [3.8, 4) is 0 Å². The van der Waals surface area contributed by atoms with Crippen LogP contribution in [-0.2, 0) is 0 Å². The van der Waals surface area contributed by atoms with Crippen LogP contribution in [0.1, 0.15) is 31.4 Å². The molecular formula is C16H17F2N. The van der Waals surface area contributed by atoms with E-state index < -0.39 is 11.6 Å². The molecule has 0 saturated heterocycles. The van der Waals surface area contributed by atoms with Crippen molar-refractivity contribution < 1.29 is 8.78 Å². The Hall–Kier alpha value is -1.90. The molecule has 0 aliphatic rings. The standard InChI is InChI=1S/C16H17F2N/c1-2-6-15(12-7-4-3-5-8-12)19-16-11-13(17)9-10-14(16)18/h3-5,7-11,15,19H,2,6H2,1H3. The molecule has 1 atom stereocenters. The van der Waals surface area contributed by atoms with Gasteiger partial charge < -0.3 is 5.32 Å². The lowest BCUT2D eigenvalue weighted by Gasteiger charge is -2.20. The molecule has 2 aromatic carbocycles. The van der Waals surface area contributed by atoms with Gasteiger partial charge in [-0.05, 0) is 30.2 Å². The Bertz CT molecular complexity index is 526. The zero-order chi connectivity index (χ0) is 13.7. The van der Waals surface area contributed by atoms with Gasteiger partial charge in [0.15, 0.2) is 0 Å². The molecule has 0 bridgehead atoms. The molecule has 3 heteroatoms. The summed E-state index contributed by atoms with van der Waals surface area (Å²) in [6.45, 7) is 2.07. The quantitative estimate of drug-likeness (QED) is 0.805. The second kappa shape index (κ2) is 6.32. The largest absolute Gasteiger partial charge is 0.376 e. The number of benzene rings is 2. The van der Waals surface area contributed by atoms with E-state index in [0.717, 1.165) is 30.5 Å². The van der Waals surface area contributed by atoms with Gasteiger partial charge in [-0.1, -0.05) is 43.7 Å². The maximum atomic E-state index is 13.7. The van der Waals surface area contributed by atoms with Crippen molar-refractivity contribution in [2.24, 2.45) is 0 Å². The summed E-state index contributed by atoms with van der Waals surface area (Å²) in [5.74, 6) is -0.870. The number of nitrogens with one attached hydrogen (secondary N) is 1. The van der Waals surface area contributed by atoms with Crippen LogP contribution in [0.3, 0.4) is 0 Å². The predicted octanol–water partition coefficient (Wildman–Crippen LogP) is 4.92. The van der Waals surface area contributed by atoms with Gasteiger partial charge in [-0.3, -0.25) is 0 Å². The van der Waals surface area contributed by atoms with Gasteiger partial charge in [-0.2, -0.15) is 0 Å². The van der Waals surface area contributed by atoms with E-state index in [4.69, 9.17) is 0 Å². The molecule has 100 valence electrons. The Morgan fingerprint density at radius 1 is 1.05 bits per heavy atom. The van der Waals surface area contributed by atoms with E-state index in [1.807, 2.05) is 30.3 Å². The van der Waals surface area contributed by atoms with Gasteiger partial charge in [0.05, 0.1) is 11.7 Å². The Kier molecular flexibility index (Phi) is 4.50. The third-order valence-electron chi connectivity index (χ3n) is 3.04. The van der Waals surface area contributed by atoms with Crippen molar-refractivity contribution >= 4 is 5.69 Å². The van der Waals surface area contributed by atoms with Crippen LogP contribution >= 0.6 is 0 Å². The highest BCUT2D eigenvalue weighted by Crippen LogP contribution is 2.26. The molecule has 1 unspecified atom stereocenters. The maximum Gasteiger partial charge on any atom is 0.146 e. The number of hydrogen-bond donors (Lipinski definition) is 1. The fourth-order valence-corrected chi connectivity index (χ4v) is 2.09. The minimum Gasteiger partial charge on any atom is -0.376 e. The molecule has 1 nitrogen and oxygen atoms in total. The molecule has 19 heavy (non-hydrogen) atoms. The first-order valence-corrected chi connectivity index (χ1v) is 6.47. The number of halogens is 2. The summed E-state index contributed by atoms with van der Waals surface area (Å²) in [6.07, 6.45) is 1.82. The van der Waals surface area contributed by atoms with Gasteiger partial charge in [0.25, 0.3) is 0 Å². The van der Waals surface area contributed by atoms with Crippen LogP contribution in [-0.4, -0.2) is 0 Å². The van der Waals surface area contributed by atoms with E-state index in [9.17, 15) is 8.78 Å². The smallest absolute Gasteiger partial charge is 0.146 e. The van der Waals surface area contributed by atoms with Crippen molar-refractivity contribution in [2.45, 2.75) is 25.8 Å². The summed E-state index contributed by atoms with van der Waals surface area (Å²) in [6, 6.07) is 13.3. The zero-order valence-electron chi connectivity index (χ0n) is 10.9. The predicted molar refractivity (Wildman–Crippen MR) is 74.1 cm³/mol. The van der Waals surface area contributed by atoms with E-state index in [2.05, 4.69) is 12.2 Å².